The molecule has 1 aromatic heterocycles. The largest absolute Gasteiger partial charge is 0.508 e. The number of aliphatic hydroxyl groups excluding tert-OH is 1. The van der Waals surface area contributed by atoms with E-state index in [-0.39, 0.29) is 24.4 Å². The summed E-state index contributed by atoms with van der Waals surface area (Å²) in [5.74, 6) is 1.78. The van der Waals surface area contributed by atoms with E-state index in [9.17, 15) is 10.2 Å². The fourth-order valence-corrected chi connectivity index (χ4v) is 4.82. The Morgan fingerprint density at radius 3 is 2.56 bits per heavy atom. The molecule has 8 heteroatoms. The molecule has 0 saturated carbocycles. The van der Waals surface area contributed by atoms with E-state index < -0.39 is 0 Å². The topological polar surface area (TPSA) is 112 Å². The molecule has 1 saturated heterocycles. The number of rotatable bonds is 5. The molecule has 8 nitrogen and oxygen atoms in total. The van der Waals surface area contributed by atoms with Crippen molar-refractivity contribution in [2.24, 2.45) is 5.73 Å². The maximum Gasteiger partial charge on any atom is 0.231 e. The molecule has 1 fully saturated rings. The lowest BCUT2D eigenvalue weighted by Gasteiger charge is -2.37. The minimum Gasteiger partial charge on any atom is -0.508 e. The van der Waals surface area contributed by atoms with Crippen molar-refractivity contribution in [2.75, 3.05) is 36.0 Å². The van der Waals surface area contributed by atoms with Crippen molar-refractivity contribution in [1.29, 1.82) is 0 Å². The van der Waals surface area contributed by atoms with Crippen LogP contribution in [0.2, 0.25) is 0 Å². The second kappa shape index (κ2) is 8.72. The van der Waals surface area contributed by atoms with Gasteiger partial charge in [0.15, 0.2) is 5.82 Å². The van der Waals surface area contributed by atoms with E-state index in [1.807, 2.05) is 18.2 Å². The zero-order valence-electron chi connectivity index (χ0n) is 17.9. The van der Waals surface area contributed by atoms with Crippen LogP contribution in [-0.2, 0) is 6.42 Å². The van der Waals surface area contributed by atoms with Crippen molar-refractivity contribution in [3.05, 3.63) is 59.7 Å². The summed E-state index contributed by atoms with van der Waals surface area (Å²) >= 11 is 0. The standard InChI is InChI=1S/C24H28N6O2/c25-14-18-7-4-11-29(18)23-26-22(17-6-3-8-19(32)13-17)27-24(28-23)30-12-10-16-5-1-2-9-20(16)21(30)15-31/h1-3,5-6,8-9,13,18,21,31-32H,4,7,10-12,14-15,25H2/t18-,21?/m0/s1. The van der Waals surface area contributed by atoms with Gasteiger partial charge in [0.25, 0.3) is 0 Å². The van der Waals surface area contributed by atoms with Crippen molar-refractivity contribution in [1.82, 2.24) is 15.0 Å². The van der Waals surface area contributed by atoms with Crippen molar-refractivity contribution in [2.45, 2.75) is 31.3 Å². The highest BCUT2D eigenvalue weighted by atomic mass is 16.3. The molecule has 0 radical (unpaired) electrons. The lowest BCUT2D eigenvalue weighted by atomic mass is 9.93. The fourth-order valence-electron chi connectivity index (χ4n) is 4.82. The average Bonchev–Trinajstić information content (AvgIpc) is 3.32. The molecular weight excluding hydrogens is 404 g/mol. The SMILES string of the molecule is NC[C@@H]1CCCN1c1nc(-c2cccc(O)c2)nc(N2CCc3ccccc3C2CO)n1. The smallest absolute Gasteiger partial charge is 0.231 e. The monoisotopic (exact) mass is 432 g/mol. The van der Waals surface area contributed by atoms with Gasteiger partial charge in [0.2, 0.25) is 11.9 Å². The Morgan fingerprint density at radius 1 is 0.969 bits per heavy atom. The summed E-state index contributed by atoms with van der Waals surface area (Å²) in [6.07, 6.45) is 2.90. The number of aliphatic hydroxyl groups is 1. The van der Waals surface area contributed by atoms with Crippen LogP contribution >= 0.6 is 0 Å². The minimum absolute atomic E-state index is 0.0331. The first kappa shape index (κ1) is 20.7. The third kappa shape index (κ3) is 3.76. The predicted molar refractivity (Wildman–Crippen MR) is 124 cm³/mol. The lowest BCUT2D eigenvalue weighted by molar-refractivity contribution is 0.256. The summed E-state index contributed by atoms with van der Waals surface area (Å²) in [5.41, 5.74) is 9.08. The van der Waals surface area contributed by atoms with Crippen LogP contribution < -0.4 is 15.5 Å². The van der Waals surface area contributed by atoms with Gasteiger partial charge in [-0.25, -0.2) is 0 Å². The van der Waals surface area contributed by atoms with Gasteiger partial charge >= 0.3 is 0 Å². The van der Waals surface area contributed by atoms with E-state index in [4.69, 9.17) is 20.7 Å². The molecule has 3 heterocycles. The Morgan fingerprint density at radius 2 is 1.78 bits per heavy atom. The summed E-state index contributed by atoms with van der Waals surface area (Å²) in [6, 6.07) is 15.1. The molecule has 2 aliphatic rings. The molecule has 2 atom stereocenters. The molecule has 5 rings (SSSR count). The number of nitrogens with zero attached hydrogens (tertiary/aromatic N) is 5. The first-order valence-corrected chi connectivity index (χ1v) is 11.2. The molecule has 2 aliphatic heterocycles. The van der Waals surface area contributed by atoms with Gasteiger partial charge in [-0.2, -0.15) is 15.0 Å². The van der Waals surface area contributed by atoms with E-state index in [2.05, 4.69) is 21.9 Å². The Bertz CT molecular complexity index is 1110. The summed E-state index contributed by atoms with van der Waals surface area (Å²) in [5, 5.41) is 20.3. The first-order chi connectivity index (χ1) is 15.7. The van der Waals surface area contributed by atoms with Crippen LogP contribution in [0.15, 0.2) is 48.5 Å². The van der Waals surface area contributed by atoms with E-state index in [1.165, 1.54) is 5.56 Å². The molecule has 0 bridgehead atoms. The van der Waals surface area contributed by atoms with E-state index in [0.29, 0.717) is 30.8 Å². The Labute approximate surface area is 187 Å². The molecule has 0 spiro atoms. The second-order valence-electron chi connectivity index (χ2n) is 8.38. The molecule has 3 aromatic rings. The second-order valence-corrected chi connectivity index (χ2v) is 8.38. The highest BCUT2D eigenvalue weighted by Gasteiger charge is 2.31. The summed E-state index contributed by atoms with van der Waals surface area (Å²) in [4.78, 5) is 18.6. The van der Waals surface area contributed by atoms with Gasteiger partial charge in [-0.3, -0.25) is 0 Å². The Kier molecular flexibility index (Phi) is 5.63. The van der Waals surface area contributed by atoms with Gasteiger partial charge in [0.1, 0.15) is 5.75 Å². The molecule has 166 valence electrons. The maximum atomic E-state index is 10.3. The van der Waals surface area contributed by atoms with Crippen molar-refractivity contribution < 1.29 is 10.2 Å². The van der Waals surface area contributed by atoms with Gasteiger partial charge in [-0.15, -0.1) is 0 Å². The highest BCUT2D eigenvalue weighted by Crippen LogP contribution is 2.34. The van der Waals surface area contributed by atoms with Gasteiger partial charge in [-0.1, -0.05) is 36.4 Å². The number of hydrogen-bond donors (Lipinski definition) is 3. The molecule has 0 amide bonds. The van der Waals surface area contributed by atoms with Crippen LogP contribution in [0.1, 0.15) is 30.0 Å². The third-order valence-electron chi connectivity index (χ3n) is 6.46. The summed E-state index contributed by atoms with van der Waals surface area (Å²) < 4.78 is 0. The average molecular weight is 433 g/mol. The van der Waals surface area contributed by atoms with Crippen LogP contribution in [0.25, 0.3) is 11.4 Å². The van der Waals surface area contributed by atoms with E-state index >= 15 is 0 Å². The number of fused-ring (bicyclic) bond motifs is 1. The normalized spacial score (nSPS) is 20.4. The number of benzene rings is 2. The number of hydrogen-bond acceptors (Lipinski definition) is 8. The maximum absolute atomic E-state index is 10.3. The van der Waals surface area contributed by atoms with E-state index in [0.717, 1.165) is 36.9 Å². The van der Waals surface area contributed by atoms with Crippen molar-refractivity contribution in [3.8, 4) is 17.1 Å². The lowest BCUT2D eigenvalue weighted by Crippen LogP contribution is -2.40. The van der Waals surface area contributed by atoms with Gasteiger partial charge in [0.05, 0.1) is 12.6 Å². The van der Waals surface area contributed by atoms with Crippen LogP contribution in [0, 0.1) is 0 Å². The highest BCUT2D eigenvalue weighted by molar-refractivity contribution is 5.61. The van der Waals surface area contributed by atoms with E-state index in [1.54, 1.807) is 18.2 Å². The van der Waals surface area contributed by atoms with Crippen LogP contribution in [0.4, 0.5) is 11.9 Å². The zero-order chi connectivity index (χ0) is 22.1. The van der Waals surface area contributed by atoms with Gasteiger partial charge in [0, 0.05) is 31.2 Å². The summed E-state index contributed by atoms with van der Waals surface area (Å²) in [7, 11) is 0. The number of anilines is 2. The Balaban J connectivity index is 1.61. The number of aromatic hydroxyl groups is 1. The number of nitrogens with two attached hydrogens (primary N) is 1. The number of aromatic nitrogens is 3. The number of phenolic OH excluding ortho intramolecular Hbond substituents is 1. The zero-order valence-corrected chi connectivity index (χ0v) is 17.9. The molecule has 1 unspecified atom stereocenters. The van der Waals surface area contributed by atoms with Crippen LogP contribution in [-0.4, -0.2) is 57.4 Å². The van der Waals surface area contributed by atoms with Crippen molar-refractivity contribution in [3.63, 3.8) is 0 Å². The predicted octanol–water partition coefficient (Wildman–Crippen LogP) is 2.27. The third-order valence-corrected chi connectivity index (χ3v) is 6.46. The van der Waals surface area contributed by atoms with Crippen LogP contribution in [0.3, 0.4) is 0 Å². The fraction of sp³-hybridized carbons (Fsp3) is 0.375. The molecule has 0 aliphatic carbocycles. The molecule has 32 heavy (non-hydrogen) atoms. The number of phenols is 1. The molecule has 4 N–H and O–H groups in total. The first-order valence-electron chi connectivity index (χ1n) is 11.2. The summed E-state index contributed by atoms with van der Waals surface area (Å²) in [6.45, 7) is 2.05. The molecular formula is C24H28N6O2. The Hall–Kier alpha value is -3.23. The molecule has 2 aromatic carbocycles. The minimum atomic E-state index is -0.226. The van der Waals surface area contributed by atoms with Crippen molar-refractivity contribution >= 4 is 11.9 Å². The van der Waals surface area contributed by atoms with Crippen LogP contribution in [0.5, 0.6) is 5.75 Å². The quantitative estimate of drug-likeness (QED) is 0.563. The van der Waals surface area contributed by atoms with Gasteiger partial charge in [-0.05, 0) is 42.5 Å². The van der Waals surface area contributed by atoms with Gasteiger partial charge < -0.3 is 25.7 Å².